The number of hydrogen-bond acceptors (Lipinski definition) is 6. The Labute approximate surface area is 203 Å². The first kappa shape index (κ1) is 26.1. The quantitative estimate of drug-likeness (QED) is 0.513. The number of hydrogen-bond donors (Lipinski definition) is 1. The van der Waals surface area contributed by atoms with E-state index in [0.29, 0.717) is 30.4 Å². The van der Waals surface area contributed by atoms with Gasteiger partial charge in [0.1, 0.15) is 11.6 Å². The van der Waals surface area contributed by atoms with Crippen LogP contribution in [0.2, 0.25) is 0 Å². The first-order chi connectivity index (χ1) is 16.4. The summed E-state index contributed by atoms with van der Waals surface area (Å²) < 4.78 is 15.2. The van der Waals surface area contributed by atoms with E-state index in [1.54, 1.807) is 26.0 Å². The number of aromatic hydroxyl groups is 1. The van der Waals surface area contributed by atoms with Gasteiger partial charge >= 0.3 is 11.8 Å². The van der Waals surface area contributed by atoms with Crippen LogP contribution in [-0.4, -0.2) is 63.2 Å². The van der Waals surface area contributed by atoms with Crippen molar-refractivity contribution < 1.29 is 23.9 Å². The van der Waals surface area contributed by atoms with E-state index in [9.17, 15) is 28.7 Å². The smallest absolute Gasteiger partial charge is 0.312 e. The van der Waals surface area contributed by atoms with E-state index in [-0.39, 0.29) is 36.2 Å². The number of nitrogens with zero attached hydrogens (tertiary/aromatic N) is 4. The average molecular weight is 487 g/mol. The van der Waals surface area contributed by atoms with Crippen LogP contribution < -0.4 is 5.56 Å². The van der Waals surface area contributed by atoms with Gasteiger partial charge in [-0.15, -0.1) is 0 Å². The van der Waals surface area contributed by atoms with Gasteiger partial charge in [-0.2, -0.15) is 0 Å². The molecule has 0 unspecified atom stereocenters. The Balaban J connectivity index is 1.99. The zero-order chi connectivity index (χ0) is 26.0. The molecule has 2 heterocycles. The van der Waals surface area contributed by atoms with Crippen molar-refractivity contribution in [3.8, 4) is 5.75 Å². The van der Waals surface area contributed by atoms with Gasteiger partial charge in [-0.1, -0.05) is 12.1 Å². The molecule has 3 rings (SSSR count). The molecule has 2 aromatic rings. The minimum Gasteiger partial charge on any atom is -0.501 e. The van der Waals surface area contributed by atoms with Crippen molar-refractivity contribution in [1.82, 2.24) is 19.4 Å². The van der Waals surface area contributed by atoms with Crippen LogP contribution in [0.4, 0.5) is 4.39 Å². The van der Waals surface area contributed by atoms with E-state index >= 15 is 0 Å². The summed E-state index contributed by atoms with van der Waals surface area (Å²) in [7, 11) is 4.39. The molecular formula is C25H31FN4O5. The van der Waals surface area contributed by atoms with Gasteiger partial charge < -0.3 is 14.9 Å². The highest BCUT2D eigenvalue weighted by molar-refractivity contribution is 6.34. The van der Waals surface area contributed by atoms with Crippen LogP contribution in [0.3, 0.4) is 0 Å². The minimum absolute atomic E-state index is 0.0972. The Hall–Kier alpha value is -3.56. The van der Waals surface area contributed by atoms with E-state index in [1.807, 2.05) is 0 Å². The number of carbonyl (C=O) groups excluding carboxylic acids is 3. The zero-order valence-electron chi connectivity index (χ0n) is 20.7. The summed E-state index contributed by atoms with van der Waals surface area (Å²) in [6.07, 6.45) is 1.78. The maximum atomic E-state index is 13.9. The van der Waals surface area contributed by atoms with Crippen molar-refractivity contribution in [3.63, 3.8) is 0 Å². The van der Waals surface area contributed by atoms with Crippen molar-refractivity contribution in [2.24, 2.45) is 0 Å². The fourth-order valence-corrected chi connectivity index (χ4v) is 4.28. The molecule has 35 heavy (non-hydrogen) atoms. The lowest BCUT2D eigenvalue weighted by atomic mass is 10.0. The molecule has 0 spiro atoms. The number of benzene rings is 1. The average Bonchev–Trinajstić information content (AvgIpc) is 2.98. The molecule has 0 aliphatic carbocycles. The molecule has 1 aliphatic heterocycles. The van der Waals surface area contributed by atoms with Crippen molar-refractivity contribution >= 4 is 17.6 Å². The Morgan fingerprint density at radius 3 is 2.49 bits per heavy atom. The van der Waals surface area contributed by atoms with Crippen molar-refractivity contribution in [2.75, 3.05) is 21.1 Å². The lowest BCUT2D eigenvalue weighted by Gasteiger charge is -2.29. The molecule has 0 saturated heterocycles. The third kappa shape index (κ3) is 5.26. The van der Waals surface area contributed by atoms with Gasteiger partial charge in [0.2, 0.25) is 5.75 Å². The molecule has 2 amide bonds. The second-order valence-corrected chi connectivity index (χ2v) is 9.26. The molecule has 0 radical (unpaired) electrons. The van der Waals surface area contributed by atoms with Gasteiger partial charge in [0.25, 0.3) is 5.56 Å². The zero-order valence-corrected chi connectivity index (χ0v) is 20.7. The number of aryl methyl sites for hydroxylation is 2. The lowest BCUT2D eigenvalue weighted by Crippen LogP contribution is -2.43. The fraction of sp³-hybridized carbons (Fsp3) is 0.480. The Kier molecular flexibility index (Phi) is 7.72. The lowest BCUT2D eigenvalue weighted by molar-refractivity contribution is -0.151. The van der Waals surface area contributed by atoms with Crippen LogP contribution in [0.25, 0.3) is 0 Å². The highest BCUT2D eigenvalue weighted by Crippen LogP contribution is 2.33. The molecule has 1 aromatic carbocycles. The predicted octanol–water partition coefficient (Wildman–Crippen LogP) is 2.54. The molecule has 10 heteroatoms. The van der Waals surface area contributed by atoms with Gasteiger partial charge in [-0.25, -0.2) is 9.37 Å². The summed E-state index contributed by atoms with van der Waals surface area (Å²) in [5.41, 5.74) is -0.0529. The highest BCUT2D eigenvalue weighted by Gasteiger charge is 2.35. The number of halogens is 1. The van der Waals surface area contributed by atoms with Crippen molar-refractivity contribution in [2.45, 2.75) is 58.0 Å². The van der Waals surface area contributed by atoms with Crippen LogP contribution in [0.5, 0.6) is 5.75 Å². The van der Waals surface area contributed by atoms with Crippen LogP contribution >= 0.6 is 0 Å². The summed E-state index contributed by atoms with van der Waals surface area (Å²) in [6.45, 7) is 3.44. The standard InChI is InChI=1S/C25H31FN4O5/c1-14-9-10-16(13-17(14)26)11-12-19(31)20-21(32)23(33)30-15(2)7-6-8-18(22(30)27-20)29(5)25(35)24(34)28(3)4/h9-10,13,15,18,32H,6-8,11-12H2,1-5H3/t15-,18-/m0/s1. The summed E-state index contributed by atoms with van der Waals surface area (Å²) in [5.74, 6) is -3.03. The van der Waals surface area contributed by atoms with Gasteiger partial charge in [0.15, 0.2) is 11.5 Å². The number of amides is 2. The molecule has 1 aliphatic rings. The Bertz CT molecular complexity index is 1220. The fourth-order valence-electron chi connectivity index (χ4n) is 4.28. The number of aromatic nitrogens is 2. The molecule has 2 atom stereocenters. The number of rotatable bonds is 5. The van der Waals surface area contributed by atoms with Crippen LogP contribution in [0.15, 0.2) is 23.0 Å². The van der Waals surface area contributed by atoms with Gasteiger partial charge in [0.05, 0.1) is 6.04 Å². The molecule has 1 aromatic heterocycles. The second kappa shape index (κ2) is 10.4. The molecule has 1 N–H and O–H groups in total. The number of likely N-dealkylation sites (N-methyl/N-ethyl adjacent to an activating group) is 2. The molecular weight excluding hydrogens is 455 g/mol. The summed E-state index contributed by atoms with van der Waals surface area (Å²) in [4.78, 5) is 57.9. The number of Topliss-reactive ketones (excluding diaryl/α,β-unsaturated/α-hetero) is 1. The Morgan fingerprint density at radius 2 is 1.86 bits per heavy atom. The van der Waals surface area contributed by atoms with Gasteiger partial charge in [-0.3, -0.25) is 23.7 Å². The number of carbonyl (C=O) groups is 3. The SMILES string of the molecule is Cc1ccc(CCC(=O)c2nc3n(c(=O)c2O)[C@@H](C)CCC[C@@H]3N(C)C(=O)C(=O)N(C)C)cc1F. The second-order valence-electron chi connectivity index (χ2n) is 9.26. The molecule has 9 nitrogen and oxygen atoms in total. The first-order valence-corrected chi connectivity index (χ1v) is 11.6. The van der Waals surface area contributed by atoms with E-state index in [1.165, 1.54) is 41.6 Å². The van der Waals surface area contributed by atoms with Crippen LogP contribution in [0.1, 0.15) is 72.1 Å². The van der Waals surface area contributed by atoms with Crippen molar-refractivity contribution in [3.05, 3.63) is 57.0 Å². The molecule has 0 saturated carbocycles. The first-order valence-electron chi connectivity index (χ1n) is 11.6. The monoisotopic (exact) mass is 486 g/mol. The van der Waals surface area contributed by atoms with E-state index in [4.69, 9.17) is 0 Å². The topological polar surface area (TPSA) is 113 Å². The van der Waals surface area contributed by atoms with Crippen molar-refractivity contribution in [1.29, 1.82) is 0 Å². The largest absolute Gasteiger partial charge is 0.501 e. The van der Waals surface area contributed by atoms with E-state index in [0.717, 1.165) is 0 Å². The van der Waals surface area contributed by atoms with E-state index < -0.39 is 34.9 Å². The van der Waals surface area contributed by atoms with E-state index in [2.05, 4.69) is 4.98 Å². The van der Waals surface area contributed by atoms with Gasteiger partial charge in [0, 0.05) is 33.6 Å². The highest BCUT2D eigenvalue weighted by atomic mass is 19.1. The number of fused-ring (bicyclic) bond motifs is 1. The number of ketones is 1. The predicted molar refractivity (Wildman–Crippen MR) is 127 cm³/mol. The molecule has 0 fully saturated rings. The van der Waals surface area contributed by atoms with Crippen LogP contribution in [-0.2, 0) is 16.0 Å². The molecule has 188 valence electrons. The summed E-state index contributed by atoms with van der Waals surface area (Å²) in [6, 6.07) is 3.62. The summed E-state index contributed by atoms with van der Waals surface area (Å²) in [5, 5.41) is 10.6. The third-order valence-corrected chi connectivity index (χ3v) is 6.48. The van der Waals surface area contributed by atoms with Crippen LogP contribution in [0, 0.1) is 12.7 Å². The summed E-state index contributed by atoms with van der Waals surface area (Å²) >= 11 is 0. The minimum atomic E-state index is -0.766. The maximum absolute atomic E-state index is 13.9. The van der Waals surface area contributed by atoms with Gasteiger partial charge in [-0.05, 0) is 56.7 Å². The normalized spacial score (nSPS) is 17.3. The Morgan fingerprint density at radius 1 is 1.17 bits per heavy atom. The maximum Gasteiger partial charge on any atom is 0.312 e. The molecule has 0 bridgehead atoms. The third-order valence-electron chi connectivity index (χ3n) is 6.48.